The van der Waals surface area contributed by atoms with Crippen molar-refractivity contribution in [1.29, 1.82) is 0 Å². The Hall–Kier alpha value is -2.81. The third-order valence-electron chi connectivity index (χ3n) is 3.49. The Morgan fingerprint density at radius 1 is 1.24 bits per heavy atom. The molecular weight excluding hydrogens is 386 g/mol. The van der Waals surface area contributed by atoms with Crippen molar-refractivity contribution >= 4 is 27.6 Å². The number of halogens is 1. The molecule has 1 aromatic carbocycles. The van der Waals surface area contributed by atoms with Crippen molar-refractivity contribution in [3.63, 3.8) is 0 Å². The lowest BCUT2D eigenvalue weighted by Gasteiger charge is -2.15. The molecule has 0 aliphatic heterocycles. The van der Waals surface area contributed by atoms with E-state index in [-0.39, 0.29) is 12.1 Å². The van der Waals surface area contributed by atoms with E-state index in [1.807, 2.05) is 32.0 Å². The zero-order chi connectivity index (χ0) is 17.8. The second-order valence-electron chi connectivity index (χ2n) is 5.36. The van der Waals surface area contributed by atoms with Gasteiger partial charge < -0.3 is 10.6 Å². The van der Waals surface area contributed by atoms with Crippen molar-refractivity contribution in [3.8, 4) is 5.95 Å². The molecular formula is C16H16BrN7O. The highest BCUT2D eigenvalue weighted by Crippen LogP contribution is 2.20. The van der Waals surface area contributed by atoms with Gasteiger partial charge in [0.15, 0.2) is 5.82 Å². The Bertz CT molecular complexity index is 881. The summed E-state index contributed by atoms with van der Waals surface area (Å²) in [7, 11) is 0. The number of aryl methyl sites for hydroxylation is 1. The number of urea groups is 1. The van der Waals surface area contributed by atoms with Crippen LogP contribution in [0.1, 0.15) is 24.4 Å². The summed E-state index contributed by atoms with van der Waals surface area (Å²) in [5, 5.41) is 9.80. The van der Waals surface area contributed by atoms with E-state index >= 15 is 0 Å². The van der Waals surface area contributed by atoms with Crippen LogP contribution < -0.4 is 10.6 Å². The summed E-state index contributed by atoms with van der Waals surface area (Å²) in [4.78, 5) is 24.8. The summed E-state index contributed by atoms with van der Waals surface area (Å²) in [6.45, 7) is 3.74. The number of rotatable bonds is 4. The van der Waals surface area contributed by atoms with Crippen LogP contribution in [0.25, 0.3) is 5.95 Å². The minimum Gasteiger partial charge on any atom is -0.328 e. The fourth-order valence-corrected chi connectivity index (χ4v) is 2.76. The zero-order valence-corrected chi connectivity index (χ0v) is 15.2. The van der Waals surface area contributed by atoms with Crippen molar-refractivity contribution in [2.24, 2.45) is 0 Å². The van der Waals surface area contributed by atoms with E-state index in [0.29, 0.717) is 11.8 Å². The molecule has 0 bridgehead atoms. The Balaban J connectivity index is 1.71. The molecule has 0 saturated heterocycles. The first-order valence-corrected chi connectivity index (χ1v) is 8.35. The molecule has 2 aromatic heterocycles. The van der Waals surface area contributed by atoms with Crippen molar-refractivity contribution < 1.29 is 4.79 Å². The van der Waals surface area contributed by atoms with Gasteiger partial charge in [0, 0.05) is 22.6 Å². The van der Waals surface area contributed by atoms with Crippen LogP contribution in [0.4, 0.5) is 10.5 Å². The van der Waals surface area contributed by atoms with Crippen molar-refractivity contribution in [2.75, 3.05) is 5.32 Å². The predicted molar refractivity (Wildman–Crippen MR) is 96.4 cm³/mol. The number of nitrogens with one attached hydrogen (secondary N) is 2. The number of carbonyl (C=O) groups is 1. The number of anilines is 1. The van der Waals surface area contributed by atoms with Crippen LogP contribution >= 0.6 is 15.9 Å². The van der Waals surface area contributed by atoms with Gasteiger partial charge in [-0.15, -0.1) is 0 Å². The lowest BCUT2D eigenvalue weighted by Crippen LogP contribution is -2.33. The third-order valence-corrected chi connectivity index (χ3v) is 3.98. The van der Waals surface area contributed by atoms with Gasteiger partial charge in [0.1, 0.15) is 6.33 Å². The Morgan fingerprint density at radius 3 is 2.72 bits per heavy atom. The SMILES string of the molecule is Cc1cc(Br)ccc1NC(=O)N[C@@H](C)c1ncnn1-c1ncccn1. The standard InChI is InChI=1S/C16H16BrN7O/c1-10-8-12(17)4-5-13(10)23-16(25)22-11(2)14-20-9-21-24(14)15-18-6-3-7-19-15/h3-9,11H,1-2H3,(H2,22,23,25)/t11-/m0/s1. The molecule has 128 valence electrons. The van der Waals surface area contributed by atoms with E-state index in [1.54, 1.807) is 18.5 Å². The molecule has 3 aromatic rings. The molecule has 2 heterocycles. The second-order valence-corrected chi connectivity index (χ2v) is 6.27. The van der Waals surface area contributed by atoms with Crippen LogP contribution in [-0.2, 0) is 0 Å². The van der Waals surface area contributed by atoms with E-state index < -0.39 is 0 Å². The third kappa shape index (κ3) is 4.00. The largest absolute Gasteiger partial charge is 0.328 e. The van der Waals surface area contributed by atoms with Gasteiger partial charge in [-0.2, -0.15) is 9.78 Å². The van der Waals surface area contributed by atoms with Gasteiger partial charge in [0.2, 0.25) is 0 Å². The topological polar surface area (TPSA) is 97.6 Å². The maximum Gasteiger partial charge on any atom is 0.319 e. The van der Waals surface area contributed by atoms with Gasteiger partial charge >= 0.3 is 6.03 Å². The fourth-order valence-electron chi connectivity index (χ4n) is 2.29. The summed E-state index contributed by atoms with van der Waals surface area (Å²) in [5.41, 5.74) is 1.69. The fraction of sp³-hybridized carbons (Fsp3) is 0.188. The Labute approximate surface area is 152 Å². The molecule has 0 aliphatic carbocycles. The smallest absolute Gasteiger partial charge is 0.319 e. The van der Waals surface area contributed by atoms with Gasteiger partial charge in [0.05, 0.1) is 6.04 Å². The zero-order valence-electron chi connectivity index (χ0n) is 13.6. The number of benzene rings is 1. The van der Waals surface area contributed by atoms with Gasteiger partial charge in [-0.3, -0.25) is 0 Å². The number of hydrogen-bond acceptors (Lipinski definition) is 5. The molecule has 0 unspecified atom stereocenters. The summed E-state index contributed by atoms with van der Waals surface area (Å²) in [6.07, 6.45) is 4.64. The molecule has 0 aliphatic rings. The molecule has 2 amide bonds. The van der Waals surface area contributed by atoms with E-state index in [2.05, 4.69) is 46.6 Å². The molecule has 0 spiro atoms. The average molecular weight is 402 g/mol. The van der Waals surface area contributed by atoms with Crippen LogP contribution in [-0.4, -0.2) is 30.8 Å². The van der Waals surface area contributed by atoms with Crippen LogP contribution in [0.5, 0.6) is 0 Å². The molecule has 25 heavy (non-hydrogen) atoms. The first-order chi connectivity index (χ1) is 12.0. The maximum atomic E-state index is 12.3. The Morgan fingerprint density at radius 2 is 2.00 bits per heavy atom. The predicted octanol–water partition coefficient (Wildman–Crippen LogP) is 3.01. The van der Waals surface area contributed by atoms with Crippen LogP contribution in [0, 0.1) is 6.92 Å². The summed E-state index contributed by atoms with van der Waals surface area (Å²) in [6, 6.07) is 6.64. The highest BCUT2D eigenvalue weighted by atomic mass is 79.9. The molecule has 2 N–H and O–H groups in total. The van der Waals surface area contributed by atoms with E-state index in [9.17, 15) is 4.79 Å². The number of nitrogens with zero attached hydrogens (tertiary/aromatic N) is 5. The molecule has 8 nitrogen and oxygen atoms in total. The summed E-state index contributed by atoms with van der Waals surface area (Å²) < 4.78 is 2.45. The number of carbonyl (C=O) groups excluding carboxylic acids is 1. The van der Waals surface area contributed by atoms with E-state index in [0.717, 1.165) is 15.7 Å². The monoisotopic (exact) mass is 401 g/mol. The van der Waals surface area contributed by atoms with Crippen LogP contribution in [0.15, 0.2) is 47.5 Å². The lowest BCUT2D eigenvalue weighted by molar-refractivity contribution is 0.248. The number of amides is 2. The molecule has 0 radical (unpaired) electrons. The van der Waals surface area contributed by atoms with Gasteiger partial charge in [-0.05, 0) is 43.7 Å². The quantitative estimate of drug-likeness (QED) is 0.699. The highest BCUT2D eigenvalue weighted by molar-refractivity contribution is 9.10. The van der Waals surface area contributed by atoms with Gasteiger partial charge in [-0.25, -0.2) is 19.7 Å². The normalized spacial score (nSPS) is 11.8. The van der Waals surface area contributed by atoms with Crippen molar-refractivity contribution in [1.82, 2.24) is 30.0 Å². The van der Waals surface area contributed by atoms with E-state index in [1.165, 1.54) is 11.0 Å². The Kier molecular flexibility index (Phi) is 5.03. The van der Waals surface area contributed by atoms with E-state index in [4.69, 9.17) is 0 Å². The van der Waals surface area contributed by atoms with Crippen molar-refractivity contribution in [3.05, 3.63) is 58.8 Å². The minimum absolute atomic E-state index is 0.332. The maximum absolute atomic E-state index is 12.3. The number of hydrogen-bond donors (Lipinski definition) is 2. The first-order valence-electron chi connectivity index (χ1n) is 7.55. The molecule has 0 fully saturated rings. The van der Waals surface area contributed by atoms with Gasteiger partial charge in [-0.1, -0.05) is 15.9 Å². The summed E-state index contributed by atoms with van der Waals surface area (Å²) in [5.74, 6) is 0.932. The van der Waals surface area contributed by atoms with Crippen molar-refractivity contribution in [2.45, 2.75) is 19.9 Å². The average Bonchev–Trinajstić information content (AvgIpc) is 3.08. The lowest BCUT2D eigenvalue weighted by atomic mass is 10.2. The van der Waals surface area contributed by atoms with Crippen LogP contribution in [0.2, 0.25) is 0 Å². The molecule has 3 rings (SSSR count). The number of aromatic nitrogens is 5. The highest BCUT2D eigenvalue weighted by Gasteiger charge is 2.18. The van der Waals surface area contributed by atoms with Gasteiger partial charge in [0.25, 0.3) is 5.95 Å². The molecule has 0 saturated carbocycles. The summed E-state index contributed by atoms with van der Waals surface area (Å²) >= 11 is 3.40. The minimum atomic E-state index is -0.387. The molecule has 1 atom stereocenters. The first kappa shape index (κ1) is 17.0. The molecule has 9 heteroatoms. The second kappa shape index (κ2) is 7.39. The van der Waals surface area contributed by atoms with Crippen LogP contribution in [0.3, 0.4) is 0 Å².